The molecule has 2 saturated carbocycles. The van der Waals surface area contributed by atoms with Gasteiger partial charge in [-0.1, -0.05) is 12.2 Å². The Morgan fingerprint density at radius 1 is 1.17 bits per heavy atom. The quantitative estimate of drug-likeness (QED) is 0.551. The third kappa shape index (κ3) is 1.07. The van der Waals surface area contributed by atoms with E-state index >= 15 is 0 Å². The van der Waals surface area contributed by atoms with Crippen molar-refractivity contribution in [1.82, 2.24) is 0 Å². The average molecular weight is 268 g/mol. The molecule has 2 fully saturated rings. The fourth-order valence-corrected chi connectivity index (χ4v) is 4.12. The van der Waals surface area contributed by atoms with Crippen LogP contribution in [0.2, 0.25) is 0 Å². The van der Waals surface area contributed by atoms with Crippen molar-refractivity contribution >= 4 is 0 Å². The molecule has 0 aromatic carbocycles. The molecule has 0 aromatic heterocycles. The Labute approximate surface area is 101 Å². The molecule has 6 heteroatoms. The fraction of sp³-hybridized carbons (Fsp3) is 0.833. The number of alkyl halides is 5. The van der Waals surface area contributed by atoms with Gasteiger partial charge >= 0.3 is 6.18 Å². The van der Waals surface area contributed by atoms with Crippen molar-refractivity contribution in [2.24, 2.45) is 23.7 Å². The van der Waals surface area contributed by atoms with Gasteiger partial charge in [0.25, 0.3) is 5.92 Å². The van der Waals surface area contributed by atoms with Crippen LogP contribution in [-0.2, 0) is 4.74 Å². The minimum atomic E-state index is -5.04. The van der Waals surface area contributed by atoms with E-state index in [1.165, 1.54) is 6.92 Å². The lowest BCUT2D eigenvalue weighted by molar-refractivity contribution is -0.437. The lowest BCUT2D eigenvalue weighted by atomic mass is 9.53. The predicted molar refractivity (Wildman–Crippen MR) is 53.1 cm³/mol. The third-order valence-electron chi connectivity index (χ3n) is 4.64. The summed E-state index contributed by atoms with van der Waals surface area (Å²) in [5.74, 6) is -7.00. The molecule has 18 heavy (non-hydrogen) atoms. The maximum absolute atomic E-state index is 14.1. The molecule has 0 amide bonds. The van der Waals surface area contributed by atoms with Gasteiger partial charge in [-0.15, -0.1) is 0 Å². The summed E-state index contributed by atoms with van der Waals surface area (Å²) in [6.07, 6.45) is -1.37. The molecule has 0 aliphatic heterocycles. The Morgan fingerprint density at radius 2 is 1.72 bits per heavy atom. The summed E-state index contributed by atoms with van der Waals surface area (Å²) in [6, 6.07) is 0. The van der Waals surface area contributed by atoms with E-state index < -0.39 is 41.4 Å². The molecule has 5 atom stereocenters. The highest BCUT2D eigenvalue weighted by Crippen LogP contribution is 2.74. The Morgan fingerprint density at radius 3 is 2.22 bits per heavy atom. The van der Waals surface area contributed by atoms with E-state index in [-0.39, 0.29) is 6.61 Å². The van der Waals surface area contributed by atoms with Crippen molar-refractivity contribution in [3.63, 3.8) is 0 Å². The third-order valence-corrected chi connectivity index (χ3v) is 4.64. The highest BCUT2D eigenvalue weighted by atomic mass is 19.4. The van der Waals surface area contributed by atoms with Crippen molar-refractivity contribution in [2.45, 2.75) is 31.0 Å². The van der Waals surface area contributed by atoms with Gasteiger partial charge in [-0.2, -0.15) is 13.2 Å². The van der Waals surface area contributed by atoms with Gasteiger partial charge in [0.05, 0.1) is 0 Å². The Hall–Kier alpha value is -0.650. The van der Waals surface area contributed by atoms with Crippen LogP contribution in [0.3, 0.4) is 0 Å². The Kier molecular flexibility index (Phi) is 2.25. The van der Waals surface area contributed by atoms with Gasteiger partial charge in [0.2, 0.25) is 5.60 Å². The zero-order valence-corrected chi connectivity index (χ0v) is 9.68. The summed E-state index contributed by atoms with van der Waals surface area (Å²) in [4.78, 5) is 0. The molecule has 102 valence electrons. The maximum Gasteiger partial charge on any atom is 0.423 e. The van der Waals surface area contributed by atoms with Crippen LogP contribution in [0.15, 0.2) is 12.2 Å². The second-order valence-electron chi connectivity index (χ2n) is 5.29. The van der Waals surface area contributed by atoms with Gasteiger partial charge < -0.3 is 4.74 Å². The van der Waals surface area contributed by atoms with E-state index in [1.54, 1.807) is 12.2 Å². The first-order valence-corrected chi connectivity index (χ1v) is 6.04. The minimum Gasteiger partial charge on any atom is -0.360 e. The molecule has 0 saturated heterocycles. The number of hydrogen-bond donors (Lipinski definition) is 0. The lowest BCUT2D eigenvalue weighted by Crippen LogP contribution is -2.79. The van der Waals surface area contributed by atoms with Gasteiger partial charge in [0, 0.05) is 18.4 Å². The van der Waals surface area contributed by atoms with Gasteiger partial charge in [-0.05, 0) is 25.2 Å². The highest BCUT2D eigenvalue weighted by molar-refractivity contribution is 5.32. The topological polar surface area (TPSA) is 9.23 Å². The van der Waals surface area contributed by atoms with Gasteiger partial charge in [0.1, 0.15) is 0 Å². The molecule has 0 heterocycles. The molecular weight excluding hydrogens is 255 g/mol. The molecule has 3 aliphatic rings. The second kappa shape index (κ2) is 3.26. The van der Waals surface area contributed by atoms with Crippen LogP contribution in [0.5, 0.6) is 0 Å². The fourth-order valence-electron chi connectivity index (χ4n) is 4.12. The molecule has 2 bridgehead atoms. The highest BCUT2D eigenvalue weighted by Gasteiger charge is 2.89. The SMILES string of the molecule is CCOC1(C(F)(F)F)C2C3C=CC(C3)C2C1(F)F. The van der Waals surface area contributed by atoms with Gasteiger partial charge in [-0.3, -0.25) is 0 Å². The summed E-state index contributed by atoms with van der Waals surface area (Å²) in [7, 11) is 0. The standard InChI is InChI=1S/C12H13F5O/c1-2-18-10(12(15,16)17)8-6-3-4-7(5-6)9(8)11(10,13)14/h3-4,6-9H,2,5H2,1H3. The number of allylic oxidation sites excluding steroid dienone is 2. The summed E-state index contributed by atoms with van der Waals surface area (Å²) in [6.45, 7) is 0.958. The molecular formula is C12H13F5O. The van der Waals surface area contributed by atoms with Gasteiger partial charge in [0.15, 0.2) is 0 Å². The number of ether oxygens (including phenoxy) is 1. The van der Waals surface area contributed by atoms with E-state index in [1.807, 2.05) is 0 Å². The van der Waals surface area contributed by atoms with Crippen molar-refractivity contribution in [2.75, 3.05) is 6.61 Å². The van der Waals surface area contributed by atoms with E-state index in [0.717, 1.165) is 0 Å². The molecule has 0 radical (unpaired) electrons. The molecule has 5 unspecified atom stereocenters. The monoisotopic (exact) mass is 268 g/mol. The van der Waals surface area contributed by atoms with Crippen LogP contribution in [-0.4, -0.2) is 24.3 Å². The normalized spacial score (nSPS) is 48.1. The van der Waals surface area contributed by atoms with Crippen LogP contribution in [0.25, 0.3) is 0 Å². The molecule has 3 aliphatic carbocycles. The summed E-state index contributed by atoms with van der Waals surface area (Å²) in [5, 5.41) is 0. The van der Waals surface area contributed by atoms with Crippen LogP contribution < -0.4 is 0 Å². The van der Waals surface area contributed by atoms with Crippen molar-refractivity contribution in [3.05, 3.63) is 12.2 Å². The number of hydrogen-bond acceptors (Lipinski definition) is 1. The first-order chi connectivity index (χ1) is 8.27. The van der Waals surface area contributed by atoms with E-state index in [4.69, 9.17) is 0 Å². The first-order valence-electron chi connectivity index (χ1n) is 6.04. The zero-order chi connectivity index (χ0) is 13.3. The van der Waals surface area contributed by atoms with Crippen LogP contribution in [0.1, 0.15) is 13.3 Å². The summed E-state index contributed by atoms with van der Waals surface area (Å²) >= 11 is 0. The Bertz CT molecular complexity index is 402. The first kappa shape index (κ1) is 12.4. The average Bonchev–Trinajstić information content (AvgIpc) is 2.81. The summed E-state index contributed by atoms with van der Waals surface area (Å²) in [5.41, 5.74) is -3.27. The molecule has 1 nitrogen and oxygen atoms in total. The van der Waals surface area contributed by atoms with Crippen molar-refractivity contribution in [1.29, 1.82) is 0 Å². The zero-order valence-electron chi connectivity index (χ0n) is 9.68. The van der Waals surface area contributed by atoms with Crippen LogP contribution in [0, 0.1) is 23.7 Å². The molecule has 3 rings (SSSR count). The van der Waals surface area contributed by atoms with E-state index in [9.17, 15) is 22.0 Å². The van der Waals surface area contributed by atoms with Crippen LogP contribution >= 0.6 is 0 Å². The lowest BCUT2D eigenvalue weighted by Gasteiger charge is -2.60. The van der Waals surface area contributed by atoms with E-state index in [2.05, 4.69) is 4.74 Å². The Balaban J connectivity index is 2.07. The number of halogens is 5. The van der Waals surface area contributed by atoms with Crippen LogP contribution in [0.4, 0.5) is 22.0 Å². The van der Waals surface area contributed by atoms with Gasteiger partial charge in [-0.25, -0.2) is 8.78 Å². The molecule has 0 N–H and O–H groups in total. The second-order valence-corrected chi connectivity index (χ2v) is 5.29. The largest absolute Gasteiger partial charge is 0.423 e. The van der Waals surface area contributed by atoms with Crippen molar-refractivity contribution < 1.29 is 26.7 Å². The minimum absolute atomic E-state index is 0.362. The molecule has 0 aromatic rings. The summed E-state index contributed by atoms with van der Waals surface area (Å²) < 4.78 is 72.3. The number of fused-ring (bicyclic) bond motifs is 5. The number of rotatable bonds is 2. The van der Waals surface area contributed by atoms with Crippen molar-refractivity contribution in [3.8, 4) is 0 Å². The molecule has 0 spiro atoms. The van der Waals surface area contributed by atoms with E-state index in [0.29, 0.717) is 6.42 Å². The maximum atomic E-state index is 14.1. The predicted octanol–water partition coefficient (Wildman–Crippen LogP) is 3.41. The smallest absolute Gasteiger partial charge is 0.360 e.